The lowest BCUT2D eigenvalue weighted by atomic mass is 9.49. The Morgan fingerprint density at radius 1 is 0.912 bits per heavy atom. The molecule has 6 atom stereocenters. The molecule has 2 aliphatic heterocycles. The zero-order valence-electron chi connectivity index (χ0n) is 29.8. The minimum atomic E-state index is -4.77. The quantitative estimate of drug-likeness (QED) is 0.139. The number of aromatic hydroxyl groups is 1. The fourth-order valence-corrected chi connectivity index (χ4v) is 9.68. The van der Waals surface area contributed by atoms with Crippen molar-refractivity contribution in [1.29, 1.82) is 0 Å². The highest BCUT2D eigenvalue weighted by Crippen LogP contribution is 2.65. The summed E-state index contributed by atoms with van der Waals surface area (Å²) in [6.45, 7) is 0. The second-order valence-corrected chi connectivity index (χ2v) is 15.9. The molecule has 1 aromatic heterocycles. The van der Waals surface area contributed by atoms with E-state index in [0.29, 0.717) is 44.7 Å². The van der Waals surface area contributed by atoms with Crippen molar-refractivity contribution in [3.05, 3.63) is 116 Å². The monoisotopic (exact) mass is 884 g/mol. The summed E-state index contributed by atoms with van der Waals surface area (Å²) in [6.07, 6.45) is -2.35. The number of rotatable bonds is 7. The van der Waals surface area contributed by atoms with Gasteiger partial charge in [0, 0.05) is 21.6 Å². The minimum Gasteiger partial charge on any atom is -0.502 e. The third-order valence-electron chi connectivity index (χ3n) is 11.5. The molecule has 4 amide bonds. The molecule has 0 radical (unpaired) electrons. The van der Waals surface area contributed by atoms with Gasteiger partial charge in [0.25, 0.3) is 11.8 Å². The number of allylic oxidation sites excluding steroid dienone is 2. The van der Waals surface area contributed by atoms with Crippen LogP contribution in [0, 0.1) is 23.7 Å². The molecule has 8 rings (SSSR count). The molecule has 294 valence electrons. The van der Waals surface area contributed by atoms with Gasteiger partial charge in [-0.15, -0.1) is 0 Å². The number of phenolic OH excluding ortho intramolecular Hbond substituents is 1. The highest BCUT2D eigenvalue weighted by Gasteiger charge is 2.70. The first-order chi connectivity index (χ1) is 27.1. The number of carbonyl (C=O) groups is 4. The fourth-order valence-electron chi connectivity index (χ4n) is 9.08. The van der Waals surface area contributed by atoms with Crippen LogP contribution in [0.4, 0.5) is 24.7 Å². The van der Waals surface area contributed by atoms with E-state index in [0.717, 1.165) is 9.37 Å². The van der Waals surface area contributed by atoms with Crippen molar-refractivity contribution in [2.75, 3.05) is 24.5 Å². The first-order valence-corrected chi connectivity index (χ1v) is 19.1. The number of methoxy groups -OCH3 is 2. The number of imide groups is 2. The molecule has 2 aliphatic carbocycles. The van der Waals surface area contributed by atoms with Crippen molar-refractivity contribution in [3.63, 3.8) is 0 Å². The molecule has 3 fully saturated rings. The van der Waals surface area contributed by atoms with Crippen molar-refractivity contribution >= 4 is 74.3 Å². The van der Waals surface area contributed by atoms with Gasteiger partial charge in [-0.1, -0.05) is 62.9 Å². The summed E-state index contributed by atoms with van der Waals surface area (Å²) in [7, 11) is 2.67. The maximum Gasteiger partial charge on any atom is 0.417 e. The lowest BCUT2D eigenvalue weighted by Gasteiger charge is -2.50. The summed E-state index contributed by atoms with van der Waals surface area (Å²) in [5, 5.41) is 11.5. The van der Waals surface area contributed by atoms with E-state index in [9.17, 15) is 32.7 Å². The van der Waals surface area contributed by atoms with E-state index in [1.165, 1.54) is 26.4 Å². The molecule has 57 heavy (non-hydrogen) atoms. The number of amides is 4. The van der Waals surface area contributed by atoms with Crippen LogP contribution in [0.2, 0.25) is 10.0 Å². The number of phenols is 1. The Morgan fingerprint density at radius 2 is 1.56 bits per heavy atom. The molecule has 17 heteroatoms. The van der Waals surface area contributed by atoms with E-state index >= 15 is 4.79 Å². The van der Waals surface area contributed by atoms with E-state index in [2.05, 4.69) is 26.3 Å². The average molecular weight is 887 g/mol. The van der Waals surface area contributed by atoms with Crippen LogP contribution in [0.3, 0.4) is 0 Å². The number of nitrogens with one attached hydrogen (secondary N) is 1. The summed E-state index contributed by atoms with van der Waals surface area (Å²) >= 11 is 16.0. The Morgan fingerprint density at radius 3 is 2.16 bits per heavy atom. The van der Waals surface area contributed by atoms with Crippen molar-refractivity contribution < 1.29 is 46.9 Å². The Kier molecular flexibility index (Phi) is 9.56. The number of hydrogen-bond donors (Lipinski definition) is 2. The van der Waals surface area contributed by atoms with E-state index in [1.807, 2.05) is 6.08 Å². The van der Waals surface area contributed by atoms with Gasteiger partial charge in [0.15, 0.2) is 17.3 Å². The molecule has 11 nitrogen and oxygen atoms in total. The van der Waals surface area contributed by atoms with Gasteiger partial charge in [-0.2, -0.15) is 18.2 Å². The first-order valence-electron chi connectivity index (χ1n) is 17.5. The van der Waals surface area contributed by atoms with Crippen LogP contribution in [-0.2, 0) is 30.8 Å². The Hall–Kier alpha value is -5.12. The molecule has 0 unspecified atom stereocenters. The van der Waals surface area contributed by atoms with Gasteiger partial charge in [0.2, 0.25) is 17.6 Å². The first kappa shape index (κ1) is 38.7. The number of ether oxygens (including phenoxy) is 2. The van der Waals surface area contributed by atoms with Crippen molar-refractivity contribution in [1.82, 2.24) is 9.99 Å². The lowest BCUT2D eigenvalue weighted by molar-refractivity contribution is -0.139. The van der Waals surface area contributed by atoms with Crippen molar-refractivity contribution in [2.24, 2.45) is 23.7 Å². The molecule has 1 saturated carbocycles. The topological polar surface area (TPSA) is 138 Å². The van der Waals surface area contributed by atoms with Gasteiger partial charge in [-0.05, 0) is 84.5 Å². The highest BCUT2D eigenvalue weighted by molar-refractivity contribution is 9.10. The van der Waals surface area contributed by atoms with Gasteiger partial charge in [-0.25, -0.2) is 4.98 Å². The number of anilines is 2. The van der Waals surface area contributed by atoms with E-state index in [-0.39, 0.29) is 35.9 Å². The van der Waals surface area contributed by atoms with Gasteiger partial charge in [-0.3, -0.25) is 29.5 Å². The number of nitrogens with zero attached hydrogens (tertiary/aromatic N) is 3. The maximum absolute atomic E-state index is 15.4. The lowest BCUT2D eigenvalue weighted by Crippen LogP contribution is -2.53. The normalized spacial score (nSPS) is 25.5. The standard InChI is InChI=1S/C40H30BrCl2F3N4O7/c1-56-29-13-18(14-30(57-2)33(29)51)32-24-11-12-25-31(37(54)49(35(25)52)23-9-5-21(41)6-10-23)26(24)16-27-36(53)50(38(55)39(27,32)19-3-7-22(42)8-4-19)48-34-28(43)15-20(17-47-34)40(44,45)46/h3-11,13-15,17,25-27,31-32,51H,12,16H2,1-2H3,(H,47,48)/t25-,26+,27-,31-,32-,39+/m0/s1. The molecular weight excluding hydrogens is 856 g/mol. The third kappa shape index (κ3) is 5.95. The van der Waals surface area contributed by atoms with Crippen molar-refractivity contribution in [2.45, 2.75) is 30.4 Å². The predicted molar refractivity (Wildman–Crippen MR) is 205 cm³/mol. The van der Waals surface area contributed by atoms with Gasteiger partial charge >= 0.3 is 6.18 Å². The smallest absolute Gasteiger partial charge is 0.417 e. The van der Waals surface area contributed by atoms with Crippen LogP contribution in [0.25, 0.3) is 0 Å². The Labute approximate surface area is 341 Å². The molecule has 3 aromatic carbocycles. The van der Waals surface area contributed by atoms with E-state index in [1.54, 1.807) is 48.5 Å². The Balaban J connectivity index is 1.34. The number of carbonyl (C=O) groups excluding carboxylic acids is 4. The SMILES string of the molecule is COc1cc([C@H]2C3=CC[C@@H]4C(=O)N(c5ccc(Br)cc5)C(=O)[C@@H]4[C@@H]3C[C@H]3C(=O)N(Nc4ncc(C(F)(F)F)cc4Cl)C(=O)[C@@]23c2ccc(Cl)cc2)cc(OC)c1O. The fraction of sp³-hybridized carbons (Fsp3) is 0.275. The van der Waals surface area contributed by atoms with Crippen LogP contribution in [0.15, 0.2) is 89.0 Å². The molecule has 3 heterocycles. The zero-order chi connectivity index (χ0) is 40.7. The minimum absolute atomic E-state index is 0.00964. The van der Waals surface area contributed by atoms with Gasteiger partial charge in [0.1, 0.15) is 0 Å². The number of benzene rings is 3. The largest absolute Gasteiger partial charge is 0.502 e. The van der Waals surface area contributed by atoms with Crippen LogP contribution < -0.4 is 19.8 Å². The van der Waals surface area contributed by atoms with Crippen LogP contribution in [-0.4, -0.2) is 52.9 Å². The molecule has 2 N–H and O–H groups in total. The second-order valence-electron chi connectivity index (χ2n) is 14.2. The Bertz CT molecular complexity index is 2370. The van der Waals surface area contributed by atoms with Crippen LogP contribution >= 0.6 is 39.1 Å². The molecule has 4 aliphatic rings. The highest BCUT2D eigenvalue weighted by atomic mass is 79.9. The summed E-state index contributed by atoms with van der Waals surface area (Å²) < 4.78 is 52.4. The van der Waals surface area contributed by atoms with Crippen LogP contribution in [0.5, 0.6) is 17.2 Å². The number of fused-ring (bicyclic) bond motifs is 4. The summed E-state index contributed by atoms with van der Waals surface area (Å²) in [4.78, 5) is 64.0. The molecule has 0 bridgehead atoms. The van der Waals surface area contributed by atoms with Crippen LogP contribution in [0.1, 0.15) is 35.4 Å². The molecule has 2 saturated heterocycles. The number of pyridine rings is 1. The predicted octanol–water partition coefficient (Wildman–Crippen LogP) is 8.08. The summed E-state index contributed by atoms with van der Waals surface area (Å²) in [6, 6.07) is 16.7. The maximum atomic E-state index is 15.4. The zero-order valence-corrected chi connectivity index (χ0v) is 32.9. The molecule has 4 aromatic rings. The third-order valence-corrected chi connectivity index (χ3v) is 12.5. The molecule has 0 spiro atoms. The summed E-state index contributed by atoms with van der Waals surface area (Å²) in [5.41, 5.74) is 1.34. The number of hydrogen-bond acceptors (Lipinski definition) is 9. The van der Waals surface area contributed by atoms with Gasteiger partial charge in [0.05, 0.1) is 53.7 Å². The van der Waals surface area contributed by atoms with E-state index < -0.39 is 75.4 Å². The van der Waals surface area contributed by atoms with Gasteiger partial charge < -0.3 is 14.6 Å². The number of aromatic nitrogens is 1. The number of halogens is 6. The summed E-state index contributed by atoms with van der Waals surface area (Å²) in [5.74, 6) is -7.96. The molecular formula is C40H30BrCl2F3N4O7. The number of hydrazine groups is 1. The van der Waals surface area contributed by atoms with E-state index in [4.69, 9.17) is 32.7 Å². The second kappa shape index (κ2) is 14.1. The number of alkyl halides is 3. The van der Waals surface area contributed by atoms with Crippen molar-refractivity contribution in [3.8, 4) is 17.2 Å². The average Bonchev–Trinajstić information content (AvgIpc) is 3.56.